The Hall–Kier alpha value is -2.61. The zero-order chi connectivity index (χ0) is 18.1. The fourth-order valence-corrected chi connectivity index (χ4v) is 2.83. The first-order valence-corrected chi connectivity index (χ1v) is 7.94. The molecule has 0 aliphatic heterocycles. The van der Waals surface area contributed by atoms with Crippen molar-refractivity contribution in [2.45, 2.75) is 33.4 Å². The van der Waals surface area contributed by atoms with Crippen LogP contribution in [0.2, 0.25) is 0 Å². The van der Waals surface area contributed by atoms with E-state index in [2.05, 4.69) is 15.2 Å². The summed E-state index contributed by atoms with van der Waals surface area (Å²) in [5, 5.41) is 18.1. The Morgan fingerprint density at radius 2 is 1.88 bits per heavy atom. The van der Waals surface area contributed by atoms with E-state index in [4.69, 9.17) is 0 Å². The maximum Gasteiger partial charge on any atom is 0.181 e. The average Bonchev–Trinajstić information content (AvgIpc) is 3.13. The first-order chi connectivity index (χ1) is 11.9. The van der Waals surface area contributed by atoms with Crippen LogP contribution in [0.25, 0.3) is 11.4 Å². The van der Waals surface area contributed by atoms with Crippen molar-refractivity contribution in [2.75, 3.05) is 6.61 Å². The summed E-state index contributed by atoms with van der Waals surface area (Å²) in [7, 11) is 0. The zero-order valence-corrected chi connectivity index (χ0v) is 14.2. The normalized spacial score (nSPS) is 12.6. The van der Waals surface area contributed by atoms with E-state index in [9.17, 15) is 13.9 Å². The van der Waals surface area contributed by atoms with Crippen molar-refractivity contribution in [3.63, 3.8) is 0 Å². The van der Waals surface area contributed by atoms with Crippen LogP contribution < -0.4 is 0 Å². The monoisotopic (exact) mass is 347 g/mol. The number of hydrogen-bond acceptors (Lipinski definition) is 4. The molecule has 0 saturated carbocycles. The van der Waals surface area contributed by atoms with Gasteiger partial charge in [0.2, 0.25) is 0 Å². The van der Waals surface area contributed by atoms with E-state index in [0.29, 0.717) is 11.4 Å². The van der Waals surface area contributed by atoms with Gasteiger partial charge >= 0.3 is 0 Å². The molecule has 3 aromatic rings. The molecule has 25 heavy (non-hydrogen) atoms. The summed E-state index contributed by atoms with van der Waals surface area (Å²) in [5.41, 5.74) is 2.23. The lowest BCUT2D eigenvalue weighted by Gasteiger charge is -2.14. The van der Waals surface area contributed by atoms with Crippen molar-refractivity contribution in [1.29, 1.82) is 0 Å². The van der Waals surface area contributed by atoms with Crippen LogP contribution in [0.4, 0.5) is 8.78 Å². The van der Waals surface area contributed by atoms with Crippen molar-refractivity contribution >= 4 is 0 Å². The number of aryl methyl sites for hydroxylation is 2. The van der Waals surface area contributed by atoms with Gasteiger partial charge in [0.15, 0.2) is 23.3 Å². The van der Waals surface area contributed by atoms with Gasteiger partial charge in [-0.3, -0.25) is 4.68 Å². The summed E-state index contributed by atoms with van der Waals surface area (Å²) in [6.07, 6.45) is 0. The number of aromatic nitrogens is 5. The number of rotatable bonds is 5. The van der Waals surface area contributed by atoms with E-state index in [1.54, 1.807) is 4.68 Å². The summed E-state index contributed by atoms with van der Waals surface area (Å²) >= 11 is 0. The predicted molar refractivity (Wildman–Crippen MR) is 88.0 cm³/mol. The SMILES string of the molecule is Cc1cc(C)n([C@@H](C)c2nc(-c3ccc(F)c(F)c3)nn2CCO)n1. The predicted octanol–water partition coefficient (Wildman–Crippen LogP) is 2.64. The second-order valence-corrected chi connectivity index (χ2v) is 5.92. The largest absolute Gasteiger partial charge is 0.394 e. The van der Waals surface area contributed by atoms with Gasteiger partial charge in [0.1, 0.15) is 6.04 Å². The molecule has 2 heterocycles. The van der Waals surface area contributed by atoms with Gasteiger partial charge in [-0.05, 0) is 45.0 Å². The van der Waals surface area contributed by atoms with E-state index in [1.807, 2.05) is 31.5 Å². The molecule has 0 aliphatic rings. The molecule has 0 fully saturated rings. The zero-order valence-electron chi connectivity index (χ0n) is 14.2. The molecule has 6 nitrogen and oxygen atoms in total. The minimum Gasteiger partial charge on any atom is -0.394 e. The third kappa shape index (κ3) is 3.30. The van der Waals surface area contributed by atoms with E-state index < -0.39 is 11.6 Å². The summed E-state index contributed by atoms with van der Waals surface area (Å²) < 4.78 is 30.0. The van der Waals surface area contributed by atoms with Gasteiger partial charge in [0, 0.05) is 11.3 Å². The molecule has 8 heteroatoms. The number of hydrogen-bond donors (Lipinski definition) is 1. The lowest BCUT2D eigenvalue weighted by atomic mass is 10.2. The molecule has 1 N–H and O–H groups in total. The molecule has 1 atom stereocenters. The van der Waals surface area contributed by atoms with Gasteiger partial charge in [0.25, 0.3) is 0 Å². The fourth-order valence-electron chi connectivity index (χ4n) is 2.83. The quantitative estimate of drug-likeness (QED) is 0.770. The number of halogens is 2. The standard InChI is InChI=1S/C17H19F2N5O/c1-10-8-11(2)24(21-10)12(3)17-20-16(22-23(17)6-7-25)13-4-5-14(18)15(19)9-13/h4-5,8-9,12,25H,6-7H2,1-3H3/t12-/m0/s1. The first-order valence-electron chi connectivity index (χ1n) is 7.94. The number of benzene rings is 1. The maximum atomic E-state index is 13.5. The topological polar surface area (TPSA) is 68.8 Å². The van der Waals surface area contributed by atoms with Gasteiger partial charge < -0.3 is 5.11 Å². The van der Waals surface area contributed by atoms with Crippen LogP contribution in [0.1, 0.15) is 30.2 Å². The molecular formula is C17H19F2N5O. The van der Waals surface area contributed by atoms with Gasteiger partial charge in [0.05, 0.1) is 18.8 Å². The molecular weight excluding hydrogens is 328 g/mol. The minimum absolute atomic E-state index is 0.114. The summed E-state index contributed by atoms with van der Waals surface area (Å²) in [6, 6.07) is 5.26. The minimum atomic E-state index is -0.954. The Labute approximate surface area is 143 Å². The van der Waals surface area contributed by atoms with Crippen LogP contribution in [0, 0.1) is 25.5 Å². The Bertz CT molecular complexity index is 903. The van der Waals surface area contributed by atoms with Gasteiger partial charge in [-0.1, -0.05) is 0 Å². The van der Waals surface area contributed by atoms with Crippen molar-refractivity contribution in [1.82, 2.24) is 24.5 Å². The fraction of sp³-hybridized carbons (Fsp3) is 0.353. The van der Waals surface area contributed by atoms with Crippen molar-refractivity contribution in [2.24, 2.45) is 0 Å². The third-order valence-corrected chi connectivity index (χ3v) is 3.98. The van der Waals surface area contributed by atoms with Crippen LogP contribution in [0.3, 0.4) is 0 Å². The van der Waals surface area contributed by atoms with Crippen molar-refractivity contribution < 1.29 is 13.9 Å². The molecule has 0 spiro atoms. The smallest absolute Gasteiger partial charge is 0.181 e. The molecule has 0 aliphatic carbocycles. The summed E-state index contributed by atoms with van der Waals surface area (Å²) in [5.74, 6) is -1.02. The van der Waals surface area contributed by atoms with Crippen LogP contribution in [0.15, 0.2) is 24.3 Å². The highest BCUT2D eigenvalue weighted by atomic mass is 19.2. The van der Waals surface area contributed by atoms with Crippen LogP contribution in [-0.4, -0.2) is 36.3 Å². The van der Waals surface area contributed by atoms with Crippen LogP contribution in [-0.2, 0) is 6.54 Å². The lowest BCUT2D eigenvalue weighted by molar-refractivity contribution is 0.264. The van der Waals surface area contributed by atoms with E-state index in [0.717, 1.165) is 23.5 Å². The van der Waals surface area contributed by atoms with Gasteiger partial charge in [-0.25, -0.2) is 18.4 Å². The Balaban J connectivity index is 2.05. The van der Waals surface area contributed by atoms with E-state index in [1.165, 1.54) is 6.07 Å². The molecule has 0 unspecified atom stereocenters. The summed E-state index contributed by atoms with van der Waals surface area (Å²) in [6.45, 7) is 5.90. The Morgan fingerprint density at radius 1 is 1.12 bits per heavy atom. The lowest BCUT2D eigenvalue weighted by Crippen LogP contribution is -2.18. The number of aliphatic hydroxyl groups excluding tert-OH is 1. The highest BCUT2D eigenvalue weighted by molar-refractivity contribution is 5.54. The molecule has 1 aromatic carbocycles. The highest BCUT2D eigenvalue weighted by Gasteiger charge is 2.21. The Morgan fingerprint density at radius 3 is 2.48 bits per heavy atom. The maximum absolute atomic E-state index is 13.5. The average molecular weight is 347 g/mol. The number of nitrogens with zero attached hydrogens (tertiary/aromatic N) is 5. The molecule has 132 valence electrons. The van der Waals surface area contributed by atoms with Gasteiger partial charge in [-0.15, -0.1) is 0 Å². The molecule has 3 rings (SSSR count). The second kappa shape index (κ2) is 6.72. The van der Waals surface area contributed by atoms with Crippen LogP contribution in [0.5, 0.6) is 0 Å². The van der Waals surface area contributed by atoms with Crippen LogP contribution >= 0.6 is 0 Å². The van der Waals surface area contributed by atoms with Gasteiger partial charge in [-0.2, -0.15) is 10.2 Å². The van der Waals surface area contributed by atoms with Crippen molar-refractivity contribution in [3.8, 4) is 11.4 Å². The molecule has 0 radical (unpaired) electrons. The van der Waals surface area contributed by atoms with Crippen molar-refractivity contribution in [3.05, 3.63) is 53.1 Å². The molecule has 0 amide bonds. The molecule has 0 bridgehead atoms. The van der Waals surface area contributed by atoms with E-state index in [-0.39, 0.29) is 25.0 Å². The summed E-state index contributed by atoms with van der Waals surface area (Å²) in [4.78, 5) is 4.49. The molecule has 0 saturated heterocycles. The highest BCUT2D eigenvalue weighted by Crippen LogP contribution is 2.23. The molecule has 2 aromatic heterocycles. The second-order valence-electron chi connectivity index (χ2n) is 5.92. The van der Waals surface area contributed by atoms with E-state index >= 15 is 0 Å². The Kier molecular flexibility index (Phi) is 4.63. The first kappa shape index (κ1) is 17.2. The third-order valence-electron chi connectivity index (χ3n) is 3.98. The number of aliphatic hydroxyl groups is 1.